The summed E-state index contributed by atoms with van der Waals surface area (Å²) in [5, 5.41) is 10.7. The van der Waals surface area contributed by atoms with E-state index in [1.165, 1.54) is 10.8 Å². The Labute approximate surface area is 213 Å². The van der Waals surface area contributed by atoms with Crippen LogP contribution < -0.4 is 21.1 Å². The molecule has 2 N–H and O–H groups in total. The van der Waals surface area contributed by atoms with Gasteiger partial charge in [0.05, 0.1) is 42.8 Å². The molecule has 0 aliphatic heterocycles. The van der Waals surface area contributed by atoms with Gasteiger partial charge in [-0.2, -0.15) is 10.1 Å². The molecular weight excluding hydrogens is 476 g/mol. The van der Waals surface area contributed by atoms with Crippen LogP contribution in [0.1, 0.15) is 23.7 Å². The number of carbonyl (C=O) groups excluding carboxylic acids is 1. The van der Waals surface area contributed by atoms with Gasteiger partial charge in [0.25, 0.3) is 0 Å². The Morgan fingerprint density at radius 3 is 2.59 bits per heavy atom. The number of benzene rings is 1. The first-order chi connectivity index (χ1) is 17.9. The Balaban J connectivity index is 1.68. The highest BCUT2D eigenvalue weighted by Gasteiger charge is 2.18. The molecule has 0 spiro atoms. The average molecular weight is 505 g/mol. The number of aromatic nitrogens is 6. The van der Waals surface area contributed by atoms with E-state index in [2.05, 4.69) is 30.7 Å². The summed E-state index contributed by atoms with van der Waals surface area (Å²) < 4.78 is 13.8. The van der Waals surface area contributed by atoms with Gasteiger partial charge in [-0.25, -0.2) is 14.8 Å². The fourth-order valence-electron chi connectivity index (χ4n) is 3.67. The lowest BCUT2D eigenvalue weighted by Gasteiger charge is -2.17. The number of methoxy groups -OCH3 is 2. The Morgan fingerprint density at radius 1 is 1.08 bits per heavy atom. The molecule has 0 saturated heterocycles. The van der Waals surface area contributed by atoms with Crippen molar-refractivity contribution in [3.63, 3.8) is 0 Å². The quantitative estimate of drug-likeness (QED) is 0.293. The lowest BCUT2D eigenvalue weighted by atomic mass is 10.1. The van der Waals surface area contributed by atoms with E-state index in [1.807, 2.05) is 18.2 Å². The first-order valence-electron chi connectivity index (χ1n) is 11.6. The number of ketones is 1. The van der Waals surface area contributed by atoms with Crippen LogP contribution in [-0.2, 0) is 18.3 Å². The van der Waals surface area contributed by atoms with Crippen LogP contribution >= 0.6 is 0 Å². The minimum atomic E-state index is -0.414. The summed E-state index contributed by atoms with van der Waals surface area (Å²) in [6, 6.07) is 8.90. The fraction of sp³-hybridized carbons (Fsp3) is 0.280. The van der Waals surface area contributed by atoms with E-state index in [1.54, 1.807) is 57.5 Å². The number of para-hydroxylation sites is 1. The Bertz CT molecular complexity index is 1460. The highest BCUT2D eigenvalue weighted by Crippen LogP contribution is 2.37. The van der Waals surface area contributed by atoms with Crippen molar-refractivity contribution >= 4 is 28.8 Å². The zero-order valence-electron chi connectivity index (χ0n) is 21.1. The van der Waals surface area contributed by atoms with Crippen molar-refractivity contribution in [3.05, 3.63) is 65.1 Å². The first kappa shape index (κ1) is 25.5. The molecule has 12 nitrogen and oxygen atoms in total. The fourth-order valence-corrected chi connectivity index (χ4v) is 3.67. The van der Waals surface area contributed by atoms with Crippen molar-refractivity contribution in [2.75, 3.05) is 31.5 Å². The molecule has 0 unspecified atom stereocenters. The summed E-state index contributed by atoms with van der Waals surface area (Å²) in [5.41, 5.74) is 1.83. The third-order valence-corrected chi connectivity index (χ3v) is 5.52. The van der Waals surface area contributed by atoms with E-state index >= 15 is 0 Å². The zero-order chi connectivity index (χ0) is 26.4. The van der Waals surface area contributed by atoms with Crippen molar-refractivity contribution in [2.45, 2.75) is 19.9 Å². The molecule has 12 heteroatoms. The molecule has 192 valence electrons. The largest absolute Gasteiger partial charge is 0.494 e. The molecule has 37 heavy (non-hydrogen) atoms. The number of aryl methyl sites for hydroxylation is 1. The van der Waals surface area contributed by atoms with Crippen molar-refractivity contribution in [1.82, 2.24) is 29.3 Å². The third-order valence-electron chi connectivity index (χ3n) is 5.52. The minimum absolute atomic E-state index is 0.0815. The molecular formula is C25H28N8O4. The second-order valence-corrected chi connectivity index (χ2v) is 8.05. The molecule has 3 aromatic heterocycles. The Kier molecular flexibility index (Phi) is 7.89. The van der Waals surface area contributed by atoms with Crippen LogP contribution in [0.15, 0.2) is 53.8 Å². The third kappa shape index (κ3) is 5.81. The maximum absolute atomic E-state index is 12.7. The number of hydrogen-bond acceptors (Lipinski definition) is 10. The van der Waals surface area contributed by atoms with Gasteiger partial charge in [0.2, 0.25) is 0 Å². The van der Waals surface area contributed by atoms with Crippen LogP contribution in [0.3, 0.4) is 0 Å². The standard InChI is InChI=1S/C25H28N8O4/c1-5-20(34)17-14-26-22(29-21-9-10-33(11-12-36-3)25(35)30-21)13-19(17)28-18-8-6-7-16(23(18)37-4)24-27-15-32(2)31-24/h6-10,13-15H,5,11-12H2,1-4H3,(H2,26,28,29,30,35). The summed E-state index contributed by atoms with van der Waals surface area (Å²) in [6.07, 6.45) is 5.04. The Morgan fingerprint density at radius 2 is 1.92 bits per heavy atom. The van der Waals surface area contributed by atoms with E-state index < -0.39 is 5.69 Å². The smallest absolute Gasteiger partial charge is 0.349 e. The summed E-state index contributed by atoms with van der Waals surface area (Å²) in [6.45, 7) is 2.59. The van der Waals surface area contributed by atoms with Gasteiger partial charge in [-0.05, 0) is 18.2 Å². The predicted molar refractivity (Wildman–Crippen MR) is 139 cm³/mol. The van der Waals surface area contributed by atoms with E-state index in [4.69, 9.17) is 9.47 Å². The van der Waals surface area contributed by atoms with Gasteiger partial charge in [-0.1, -0.05) is 13.0 Å². The number of pyridine rings is 1. The molecule has 4 rings (SSSR count). The monoisotopic (exact) mass is 504 g/mol. The molecule has 0 saturated carbocycles. The van der Waals surface area contributed by atoms with E-state index in [9.17, 15) is 9.59 Å². The van der Waals surface area contributed by atoms with Crippen molar-refractivity contribution < 1.29 is 14.3 Å². The zero-order valence-corrected chi connectivity index (χ0v) is 21.1. The van der Waals surface area contributed by atoms with Crippen LogP contribution in [0.2, 0.25) is 0 Å². The molecule has 0 atom stereocenters. The number of hydrogen-bond donors (Lipinski definition) is 2. The Hall–Kier alpha value is -4.58. The van der Waals surface area contributed by atoms with Crippen LogP contribution in [0, 0.1) is 0 Å². The van der Waals surface area contributed by atoms with E-state index in [0.717, 1.165) is 0 Å². The summed E-state index contributed by atoms with van der Waals surface area (Å²) in [7, 11) is 4.92. The minimum Gasteiger partial charge on any atom is -0.494 e. The number of anilines is 4. The van der Waals surface area contributed by atoms with Crippen molar-refractivity contribution in [3.8, 4) is 17.1 Å². The molecule has 4 aromatic rings. The van der Waals surface area contributed by atoms with Gasteiger partial charge >= 0.3 is 5.69 Å². The SMILES string of the molecule is CCC(=O)c1cnc(Nc2ccn(CCOC)c(=O)n2)cc1Nc1cccc(-c2ncn(C)n2)c1OC. The number of carbonyl (C=O) groups is 1. The molecule has 0 aliphatic carbocycles. The molecule has 3 heterocycles. The number of nitrogens with one attached hydrogen (secondary N) is 2. The summed E-state index contributed by atoms with van der Waals surface area (Å²) >= 11 is 0. The van der Waals surface area contributed by atoms with Crippen LogP contribution in [-0.4, -0.2) is 55.9 Å². The highest BCUT2D eigenvalue weighted by atomic mass is 16.5. The number of Topliss-reactive ketones (excluding diaryl/α,β-unsaturated/α-hetero) is 1. The second kappa shape index (κ2) is 11.4. The molecule has 0 bridgehead atoms. The first-order valence-corrected chi connectivity index (χ1v) is 11.6. The lowest BCUT2D eigenvalue weighted by Crippen LogP contribution is -2.24. The maximum atomic E-state index is 12.7. The van der Waals surface area contributed by atoms with Crippen molar-refractivity contribution in [1.29, 1.82) is 0 Å². The number of nitrogens with zero attached hydrogens (tertiary/aromatic N) is 6. The van der Waals surface area contributed by atoms with Gasteiger partial charge < -0.3 is 20.1 Å². The summed E-state index contributed by atoms with van der Waals surface area (Å²) in [4.78, 5) is 37.7. The molecule has 0 amide bonds. The number of rotatable bonds is 11. The normalized spacial score (nSPS) is 10.8. The van der Waals surface area contributed by atoms with Gasteiger partial charge in [-0.3, -0.25) is 14.0 Å². The molecule has 0 radical (unpaired) electrons. The van der Waals surface area contributed by atoms with Gasteiger partial charge in [0.15, 0.2) is 17.4 Å². The van der Waals surface area contributed by atoms with E-state index in [-0.39, 0.29) is 5.78 Å². The maximum Gasteiger partial charge on any atom is 0.349 e. The van der Waals surface area contributed by atoms with Crippen LogP contribution in [0.25, 0.3) is 11.4 Å². The summed E-state index contributed by atoms with van der Waals surface area (Å²) in [5.74, 6) is 1.68. The molecule has 1 aromatic carbocycles. The molecule has 0 aliphatic rings. The van der Waals surface area contributed by atoms with Gasteiger partial charge in [0, 0.05) is 39.0 Å². The van der Waals surface area contributed by atoms with Crippen LogP contribution in [0.5, 0.6) is 5.75 Å². The number of ether oxygens (including phenoxy) is 2. The van der Waals surface area contributed by atoms with Crippen molar-refractivity contribution in [2.24, 2.45) is 7.05 Å². The predicted octanol–water partition coefficient (Wildman–Crippen LogP) is 3.17. The highest BCUT2D eigenvalue weighted by molar-refractivity contribution is 6.02. The van der Waals surface area contributed by atoms with Gasteiger partial charge in [0.1, 0.15) is 18.0 Å². The van der Waals surface area contributed by atoms with Gasteiger partial charge in [-0.15, -0.1) is 0 Å². The lowest BCUT2D eigenvalue weighted by molar-refractivity contribution is 0.0988. The topological polar surface area (TPSA) is 138 Å². The van der Waals surface area contributed by atoms with Crippen LogP contribution in [0.4, 0.5) is 23.0 Å². The van der Waals surface area contributed by atoms with E-state index in [0.29, 0.717) is 65.3 Å². The average Bonchev–Trinajstić information content (AvgIpc) is 3.34. The molecule has 0 fully saturated rings. The second-order valence-electron chi connectivity index (χ2n) is 8.05.